The zero-order chi connectivity index (χ0) is 46.3. The van der Waals surface area contributed by atoms with Gasteiger partial charge in [0.15, 0.2) is 18.4 Å². The molecule has 9 unspecified atom stereocenters. The molecule has 64 heavy (non-hydrogen) atoms. The second-order valence-electron chi connectivity index (χ2n) is 22.5. The van der Waals surface area contributed by atoms with E-state index in [4.69, 9.17) is 33.2 Å². The van der Waals surface area contributed by atoms with Crippen molar-refractivity contribution in [1.29, 1.82) is 0 Å². The molecule has 4 saturated carbocycles. The first kappa shape index (κ1) is 48.1. The van der Waals surface area contributed by atoms with Crippen LogP contribution in [0.3, 0.4) is 0 Å². The minimum atomic E-state index is -2.28. The molecule has 25 atom stereocenters. The summed E-state index contributed by atoms with van der Waals surface area (Å²) in [4.78, 5) is 0. The molecular weight excluding hydrogens is 840 g/mol. The summed E-state index contributed by atoms with van der Waals surface area (Å²) in [5.74, 6) is -3.41. The highest BCUT2D eigenvalue weighted by Gasteiger charge is 2.79. The molecule has 18 heteroatoms. The standard InChI is InChI=1S/C46H74O18/c1-20(2)13-21-14-43(6,57)37-24-8-7-22-23(44(24)18-45(37,62-21)58-19-44)9-10-28-41(3,4)29(11-12-42(22,28)5)46(64-40-36(56)33(53)30(50)25(15-47)60-40)38(34(54)32(52)27(17-49)63-46)61-39-35(55)31(51)26(16-48)59-39/h13,21-40,47-57H,7-12,14-19H2,1-6H3/t21-,22?,23?,24?,25+,26-,27+,28?,29?,30+,31-,32+,33-,34-,35+,36+,37?,38+,39-,40-,42+,43?,44?,45?,46+/m0/s1. The Morgan fingerprint density at radius 1 is 0.656 bits per heavy atom. The summed E-state index contributed by atoms with van der Waals surface area (Å²) < 4.78 is 45.2. The van der Waals surface area contributed by atoms with Gasteiger partial charge in [0.2, 0.25) is 5.79 Å². The molecule has 2 bridgehead atoms. The van der Waals surface area contributed by atoms with E-state index >= 15 is 0 Å². The van der Waals surface area contributed by atoms with Gasteiger partial charge in [-0.2, -0.15) is 0 Å². The molecule has 0 aromatic heterocycles. The fourth-order valence-electron chi connectivity index (χ4n) is 16.0. The zero-order valence-corrected chi connectivity index (χ0v) is 37.9. The SMILES string of the molecule is CC(C)=C[C@H]1CC(C)(O)C2C3CCC4C(CCC5C(C)(C)C([C@]6(O[C@@H]7O[C@H](CO)[C@@H](O)[C@H](O)[C@H]7O)O[C@H](CO)[C@@H](O)[C@H](O)[C@H]6O[C@@H]6O[C@@H](CO)[C@H](O)[C@H]6O)CC[C@]45C)C34COC2(C4)O1. The number of ether oxygens (including phenoxy) is 7. The van der Waals surface area contributed by atoms with E-state index in [9.17, 15) is 56.2 Å². The summed E-state index contributed by atoms with van der Waals surface area (Å²) in [6.45, 7) is 10.8. The van der Waals surface area contributed by atoms with Crippen LogP contribution in [0.5, 0.6) is 0 Å². The average molecular weight is 915 g/mol. The fraction of sp³-hybridized carbons (Fsp3) is 0.957. The molecule has 11 N–H and O–H groups in total. The zero-order valence-electron chi connectivity index (χ0n) is 37.9. The summed E-state index contributed by atoms with van der Waals surface area (Å²) in [6.07, 6.45) is -14.6. The normalized spacial score (nSPS) is 57.6. The van der Waals surface area contributed by atoms with Gasteiger partial charge in [0.05, 0.1) is 38.1 Å². The Morgan fingerprint density at radius 3 is 1.91 bits per heavy atom. The second-order valence-corrected chi connectivity index (χ2v) is 22.5. The van der Waals surface area contributed by atoms with Crippen molar-refractivity contribution in [2.75, 3.05) is 26.4 Å². The lowest BCUT2D eigenvalue weighted by Crippen LogP contribution is -2.75. The molecule has 9 aliphatic rings. The van der Waals surface area contributed by atoms with Crippen LogP contribution < -0.4 is 0 Å². The van der Waals surface area contributed by atoms with Crippen molar-refractivity contribution in [3.63, 3.8) is 0 Å². The number of aliphatic hydroxyl groups excluding tert-OH is 10. The van der Waals surface area contributed by atoms with E-state index in [2.05, 4.69) is 26.8 Å². The van der Waals surface area contributed by atoms with Crippen molar-refractivity contribution < 1.29 is 89.3 Å². The van der Waals surface area contributed by atoms with Crippen molar-refractivity contribution in [3.05, 3.63) is 11.6 Å². The Morgan fingerprint density at radius 2 is 1.25 bits per heavy atom. The van der Waals surface area contributed by atoms with E-state index in [1.807, 2.05) is 20.8 Å². The van der Waals surface area contributed by atoms with Crippen LogP contribution >= 0.6 is 0 Å². The number of rotatable bonds is 9. The topological polar surface area (TPSA) is 287 Å². The molecule has 4 aliphatic carbocycles. The first-order valence-corrected chi connectivity index (χ1v) is 23.7. The van der Waals surface area contributed by atoms with Crippen LogP contribution in [0.25, 0.3) is 0 Å². The first-order valence-electron chi connectivity index (χ1n) is 23.7. The molecule has 366 valence electrons. The third kappa shape index (κ3) is 6.94. The predicted octanol–water partition coefficient (Wildman–Crippen LogP) is -0.830. The maximum atomic E-state index is 12.2. The molecule has 0 aromatic rings. The van der Waals surface area contributed by atoms with Crippen LogP contribution in [0.1, 0.15) is 92.9 Å². The molecule has 0 radical (unpaired) electrons. The minimum Gasteiger partial charge on any atom is -0.394 e. The minimum absolute atomic E-state index is 0.0423. The van der Waals surface area contributed by atoms with E-state index in [1.54, 1.807) is 0 Å². The number of allylic oxidation sites excluding steroid dienone is 1. The van der Waals surface area contributed by atoms with Gasteiger partial charge in [0, 0.05) is 30.1 Å². The third-order valence-corrected chi connectivity index (χ3v) is 18.5. The lowest BCUT2D eigenvalue weighted by atomic mass is 9.38. The Kier molecular flexibility index (Phi) is 12.4. The van der Waals surface area contributed by atoms with Crippen molar-refractivity contribution in [1.82, 2.24) is 0 Å². The molecule has 9 fully saturated rings. The second kappa shape index (κ2) is 16.6. The van der Waals surface area contributed by atoms with Gasteiger partial charge < -0.3 is 89.3 Å². The maximum Gasteiger partial charge on any atom is 0.204 e. The first-order chi connectivity index (χ1) is 30.1. The van der Waals surface area contributed by atoms with E-state index in [0.717, 1.165) is 37.7 Å². The maximum absolute atomic E-state index is 12.2. The van der Waals surface area contributed by atoms with Crippen LogP contribution in [0, 0.1) is 51.8 Å². The van der Waals surface area contributed by atoms with Gasteiger partial charge in [-0.3, -0.25) is 0 Å². The van der Waals surface area contributed by atoms with E-state index in [1.165, 1.54) is 0 Å². The van der Waals surface area contributed by atoms with Crippen LogP contribution in [0.2, 0.25) is 0 Å². The Balaban J connectivity index is 1.08. The van der Waals surface area contributed by atoms with Crippen LogP contribution in [-0.2, 0) is 33.2 Å². The number of aliphatic hydroxyl groups is 11. The van der Waals surface area contributed by atoms with Crippen molar-refractivity contribution in [2.24, 2.45) is 51.8 Å². The van der Waals surface area contributed by atoms with E-state index in [-0.39, 0.29) is 46.5 Å². The van der Waals surface area contributed by atoms with E-state index < -0.39 is 128 Å². The average Bonchev–Trinajstić information content (AvgIpc) is 3.85. The lowest BCUT2D eigenvalue weighted by molar-refractivity contribution is -0.459. The Labute approximate surface area is 374 Å². The quantitative estimate of drug-likeness (QED) is 0.126. The number of hydrogen-bond donors (Lipinski definition) is 11. The largest absolute Gasteiger partial charge is 0.394 e. The summed E-state index contributed by atoms with van der Waals surface area (Å²) in [5.41, 5.74) is -1.12. The number of hydrogen-bond acceptors (Lipinski definition) is 18. The van der Waals surface area contributed by atoms with Gasteiger partial charge in [0.1, 0.15) is 67.1 Å². The van der Waals surface area contributed by atoms with Crippen LogP contribution in [0.15, 0.2) is 11.6 Å². The molecule has 0 aromatic carbocycles. The number of fused-ring (bicyclic) bond motifs is 4. The molecule has 5 aliphatic heterocycles. The molecule has 18 nitrogen and oxygen atoms in total. The molecule has 2 spiro atoms. The highest BCUT2D eigenvalue weighted by molar-refractivity contribution is 5.24. The van der Waals surface area contributed by atoms with Crippen LogP contribution in [0.4, 0.5) is 0 Å². The molecular formula is C46H74O18. The van der Waals surface area contributed by atoms with E-state index in [0.29, 0.717) is 25.9 Å². The molecule has 9 rings (SSSR count). The van der Waals surface area contributed by atoms with Gasteiger partial charge in [-0.25, -0.2) is 0 Å². The van der Waals surface area contributed by atoms with Crippen molar-refractivity contribution in [3.8, 4) is 0 Å². The monoisotopic (exact) mass is 914 g/mol. The van der Waals surface area contributed by atoms with Crippen molar-refractivity contribution in [2.45, 2.75) is 196 Å². The summed E-state index contributed by atoms with van der Waals surface area (Å²) >= 11 is 0. The van der Waals surface area contributed by atoms with Gasteiger partial charge in [-0.05, 0) is 93.8 Å². The van der Waals surface area contributed by atoms with Gasteiger partial charge in [0.25, 0.3) is 0 Å². The van der Waals surface area contributed by atoms with Gasteiger partial charge in [-0.1, -0.05) is 32.4 Å². The fourth-order valence-corrected chi connectivity index (χ4v) is 16.0. The molecule has 0 amide bonds. The lowest BCUT2D eigenvalue weighted by Gasteiger charge is -2.68. The highest BCUT2D eigenvalue weighted by atomic mass is 16.8. The highest BCUT2D eigenvalue weighted by Crippen LogP contribution is 2.77. The van der Waals surface area contributed by atoms with Gasteiger partial charge in [-0.15, -0.1) is 0 Å². The third-order valence-electron chi connectivity index (χ3n) is 18.5. The smallest absolute Gasteiger partial charge is 0.204 e. The Hall–Kier alpha value is -0.980. The van der Waals surface area contributed by atoms with Gasteiger partial charge >= 0.3 is 0 Å². The predicted molar refractivity (Wildman–Crippen MR) is 220 cm³/mol. The summed E-state index contributed by atoms with van der Waals surface area (Å²) in [5, 5.41) is 121. The molecule has 5 heterocycles. The summed E-state index contributed by atoms with van der Waals surface area (Å²) in [6, 6.07) is 0. The van der Waals surface area contributed by atoms with Crippen LogP contribution in [-0.4, -0.2) is 186 Å². The summed E-state index contributed by atoms with van der Waals surface area (Å²) in [7, 11) is 0. The molecule has 5 saturated heterocycles. The Bertz CT molecular complexity index is 1740. The van der Waals surface area contributed by atoms with Crippen molar-refractivity contribution >= 4 is 0 Å².